The van der Waals surface area contributed by atoms with E-state index < -0.39 is 12.4 Å². The van der Waals surface area contributed by atoms with Crippen LogP contribution in [0.4, 0.5) is 0 Å². The normalized spacial score (nSPS) is 18.2. The molecule has 8 nitrogen and oxygen atoms in total. The van der Waals surface area contributed by atoms with Gasteiger partial charge >= 0.3 is 0 Å². The van der Waals surface area contributed by atoms with Gasteiger partial charge in [-0.25, -0.2) is 0 Å². The van der Waals surface area contributed by atoms with Crippen molar-refractivity contribution in [1.82, 2.24) is 10.2 Å². The minimum absolute atomic E-state index is 0.0279. The first kappa shape index (κ1) is 34.0. The molecule has 252 valence electrons. The molecule has 1 fully saturated rings. The zero-order valence-corrected chi connectivity index (χ0v) is 27.5. The molecular formula is C41H42N2O6. The van der Waals surface area contributed by atoms with Crippen LogP contribution in [0.15, 0.2) is 127 Å². The Bertz CT molecular complexity index is 1830. The van der Waals surface area contributed by atoms with Gasteiger partial charge in [-0.15, -0.1) is 0 Å². The number of aliphatic hydroxyl groups excluding tert-OH is 2. The fourth-order valence-electron chi connectivity index (χ4n) is 6.19. The van der Waals surface area contributed by atoms with Crippen LogP contribution in [-0.2, 0) is 22.6 Å². The van der Waals surface area contributed by atoms with Crippen molar-refractivity contribution in [3.05, 3.63) is 161 Å². The lowest BCUT2D eigenvalue weighted by molar-refractivity contribution is -0.252. The molecule has 0 spiro atoms. The van der Waals surface area contributed by atoms with E-state index in [2.05, 4.69) is 17.4 Å². The lowest BCUT2D eigenvalue weighted by Crippen LogP contribution is -2.39. The molecule has 1 saturated heterocycles. The Kier molecular flexibility index (Phi) is 11.1. The van der Waals surface area contributed by atoms with Crippen molar-refractivity contribution in [3.8, 4) is 16.9 Å². The summed E-state index contributed by atoms with van der Waals surface area (Å²) >= 11 is 0. The highest BCUT2D eigenvalue weighted by Gasteiger charge is 2.33. The van der Waals surface area contributed by atoms with E-state index in [1.54, 1.807) is 36.4 Å². The van der Waals surface area contributed by atoms with Crippen molar-refractivity contribution in [2.45, 2.75) is 44.2 Å². The van der Waals surface area contributed by atoms with Crippen LogP contribution in [0.5, 0.6) is 5.75 Å². The second kappa shape index (κ2) is 16.0. The molecule has 0 radical (unpaired) electrons. The van der Waals surface area contributed by atoms with Gasteiger partial charge in [0.25, 0.3) is 5.91 Å². The zero-order valence-electron chi connectivity index (χ0n) is 27.5. The summed E-state index contributed by atoms with van der Waals surface area (Å²) in [4.78, 5) is 14.6. The van der Waals surface area contributed by atoms with Gasteiger partial charge in [-0.05, 0) is 76.8 Å². The quantitative estimate of drug-likeness (QED) is 0.118. The number of phenols is 1. The van der Waals surface area contributed by atoms with E-state index >= 15 is 0 Å². The van der Waals surface area contributed by atoms with Gasteiger partial charge in [-0.3, -0.25) is 4.79 Å². The molecule has 4 atom stereocenters. The Morgan fingerprint density at radius 3 is 2.31 bits per heavy atom. The average molecular weight is 659 g/mol. The summed E-state index contributed by atoms with van der Waals surface area (Å²) in [5, 5.41) is 33.3. The van der Waals surface area contributed by atoms with Gasteiger partial charge in [0.1, 0.15) is 5.75 Å². The number of rotatable bonds is 12. The second-order valence-corrected chi connectivity index (χ2v) is 12.6. The Labute approximate surface area is 287 Å². The molecule has 0 saturated carbocycles. The average Bonchev–Trinajstić information content (AvgIpc) is 3.14. The van der Waals surface area contributed by atoms with Crippen molar-refractivity contribution in [3.63, 3.8) is 0 Å². The van der Waals surface area contributed by atoms with Crippen molar-refractivity contribution < 1.29 is 29.6 Å². The Hall–Kier alpha value is -4.83. The summed E-state index contributed by atoms with van der Waals surface area (Å²) in [6, 6.07) is 39.9. The van der Waals surface area contributed by atoms with Crippen molar-refractivity contribution in [2.24, 2.45) is 0 Å². The molecule has 1 amide bonds. The highest BCUT2D eigenvalue weighted by Crippen LogP contribution is 2.39. The number of aliphatic hydroxyl groups is 2. The third-order valence-corrected chi connectivity index (χ3v) is 8.78. The van der Waals surface area contributed by atoms with Gasteiger partial charge in [0.15, 0.2) is 6.29 Å². The summed E-state index contributed by atoms with van der Waals surface area (Å²) in [5.74, 6) is 0.00266. The van der Waals surface area contributed by atoms with Gasteiger partial charge in [0.2, 0.25) is 0 Å². The third kappa shape index (κ3) is 9.00. The SMILES string of the molecule is CN(C[C@@H]1C[C@H](c2ccc(CO)cc2)O[C@H](c2cccc(-c3cccc(CNC(=O)c4ccccc4)c3)c2)O1)C[C@@H](O)c1cccc(O)c1. The molecule has 0 aliphatic carbocycles. The molecule has 49 heavy (non-hydrogen) atoms. The van der Waals surface area contributed by atoms with Gasteiger partial charge < -0.3 is 35.0 Å². The molecule has 4 N–H and O–H groups in total. The van der Waals surface area contributed by atoms with Crippen molar-refractivity contribution in [1.29, 1.82) is 0 Å². The monoisotopic (exact) mass is 658 g/mol. The summed E-state index contributed by atoms with van der Waals surface area (Å²) in [5.41, 5.74) is 6.98. The number of hydrogen-bond donors (Lipinski definition) is 4. The van der Waals surface area contributed by atoms with Crippen LogP contribution >= 0.6 is 0 Å². The van der Waals surface area contributed by atoms with E-state index in [4.69, 9.17) is 9.47 Å². The van der Waals surface area contributed by atoms with Crippen molar-refractivity contribution >= 4 is 5.91 Å². The number of amides is 1. The molecule has 0 unspecified atom stereocenters. The lowest BCUT2D eigenvalue weighted by Gasteiger charge is -2.38. The molecule has 0 aromatic heterocycles. The summed E-state index contributed by atoms with van der Waals surface area (Å²) in [6.45, 7) is 1.29. The zero-order chi connectivity index (χ0) is 34.2. The summed E-state index contributed by atoms with van der Waals surface area (Å²) in [6.07, 6.45) is -1.26. The standard InChI is InChI=1S/C41H42N2O6/c1-43(26-38(46)34-13-7-15-36(45)22-34)25-37-23-39(30-18-16-28(27-44)17-19-30)49-41(48-37)35-14-6-12-33(21-35)32-11-5-8-29(20-32)24-42-40(47)31-9-3-2-4-10-31/h2-22,37-39,41,44-46H,23-27H2,1H3,(H,42,47)/t37-,38+,39+,41+/m0/s1. The number of aromatic hydroxyl groups is 1. The lowest BCUT2D eigenvalue weighted by atomic mass is 9.98. The van der Waals surface area contributed by atoms with Gasteiger partial charge in [-0.1, -0.05) is 91.0 Å². The first-order valence-corrected chi connectivity index (χ1v) is 16.5. The first-order chi connectivity index (χ1) is 23.8. The van der Waals surface area contributed by atoms with Crippen LogP contribution in [0.3, 0.4) is 0 Å². The molecule has 6 rings (SSSR count). The van der Waals surface area contributed by atoms with Crippen LogP contribution in [-0.4, -0.2) is 52.4 Å². The number of benzene rings is 5. The highest BCUT2D eigenvalue weighted by molar-refractivity contribution is 5.94. The summed E-state index contributed by atoms with van der Waals surface area (Å²) < 4.78 is 13.2. The van der Waals surface area contributed by atoms with Gasteiger partial charge in [0, 0.05) is 37.2 Å². The molecule has 1 aliphatic heterocycles. The molecule has 0 bridgehead atoms. The largest absolute Gasteiger partial charge is 0.508 e. The van der Waals surface area contributed by atoms with Crippen LogP contribution in [0, 0.1) is 0 Å². The maximum absolute atomic E-state index is 12.6. The second-order valence-electron chi connectivity index (χ2n) is 12.6. The Morgan fingerprint density at radius 2 is 1.55 bits per heavy atom. The maximum atomic E-state index is 12.6. The molecule has 1 heterocycles. The number of carbonyl (C=O) groups is 1. The molecule has 5 aromatic rings. The number of ether oxygens (including phenoxy) is 2. The maximum Gasteiger partial charge on any atom is 0.251 e. The number of carbonyl (C=O) groups excluding carboxylic acids is 1. The molecule has 5 aromatic carbocycles. The van der Waals surface area contributed by atoms with Gasteiger partial charge in [-0.2, -0.15) is 0 Å². The topological polar surface area (TPSA) is 111 Å². The Balaban J connectivity index is 1.18. The predicted octanol–water partition coefficient (Wildman–Crippen LogP) is 6.69. The number of likely N-dealkylation sites (N-methyl/N-ethyl adjacent to an activating group) is 1. The van der Waals surface area contributed by atoms with Gasteiger partial charge in [0.05, 0.1) is 24.9 Å². The van der Waals surface area contributed by atoms with Crippen LogP contribution in [0.25, 0.3) is 11.1 Å². The van der Waals surface area contributed by atoms with E-state index in [-0.39, 0.29) is 30.5 Å². The van der Waals surface area contributed by atoms with E-state index in [1.807, 2.05) is 90.8 Å². The molecular weight excluding hydrogens is 616 g/mol. The van der Waals surface area contributed by atoms with Crippen LogP contribution in [0.2, 0.25) is 0 Å². The van der Waals surface area contributed by atoms with Crippen molar-refractivity contribution in [2.75, 3.05) is 20.1 Å². The van der Waals surface area contributed by atoms with E-state index in [1.165, 1.54) is 0 Å². The minimum Gasteiger partial charge on any atom is -0.508 e. The van der Waals surface area contributed by atoms with E-state index in [0.717, 1.165) is 33.4 Å². The fourth-order valence-corrected chi connectivity index (χ4v) is 6.19. The number of nitrogens with one attached hydrogen (secondary N) is 1. The number of nitrogens with zero attached hydrogens (tertiary/aromatic N) is 1. The fraction of sp³-hybridized carbons (Fsp3) is 0.244. The molecule has 1 aliphatic rings. The minimum atomic E-state index is -0.770. The summed E-state index contributed by atoms with van der Waals surface area (Å²) in [7, 11) is 1.95. The van der Waals surface area contributed by atoms with Crippen LogP contribution < -0.4 is 5.32 Å². The smallest absolute Gasteiger partial charge is 0.251 e. The predicted molar refractivity (Wildman–Crippen MR) is 188 cm³/mol. The first-order valence-electron chi connectivity index (χ1n) is 16.5. The van der Waals surface area contributed by atoms with Crippen LogP contribution in [0.1, 0.15) is 63.1 Å². The van der Waals surface area contributed by atoms with E-state index in [9.17, 15) is 20.1 Å². The highest BCUT2D eigenvalue weighted by atomic mass is 16.7. The number of hydrogen-bond acceptors (Lipinski definition) is 7. The Morgan fingerprint density at radius 1 is 0.816 bits per heavy atom. The third-order valence-electron chi connectivity index (χ3n) is 8.78. The molecule has 8 heteroatoms. The van der Waals surface area contributed by atoms with E-state index in [0.29, 0.717) is 37.2 Å². The number of phenolic OH excluding ortho intramolecular Hbond substituents is 1.